The number of ether oxygens (including phenoxy) is 1. The average Bonchev–Trinajstić information content (AvgIpc) is 2.85. The second kappa shape index (κ2) is 3.05. The summed E-state index contributed by atoms with van der Waals surface area (Å²) < 4.78 is 5.20. The Morgan fingerprint density at radius 2 is 2.00 bits per heavy atom. The molecule has 2 rings (SSSR count). The van der Waals surface area contributed by atoms with E-state index in [1.54, 1.807) is 0 Å². The largest absolute Gasteiger partial charge is 0.394 e. The molecule has 64 valence electrons. The van der Waals surface area contributed by atoms with Crippen LogP contribution in [-0.2, 0) is 4.74 Å². The lowest BCUT2D eigenvalue weighted by Gasteiger charge is -1.94. The number of aliphatic hydroxyl groups excluding tert-OH is 1. The fourth-order valence-electron chi connectivity index (χ4n) is 1.23. The van der Waals surface area contributed by atoms with Crippen LogP contribution in [0.3, 0.4) is 0 Å². The third-order valence-electron chi connectivity index (χ3n) is 1.96. The highest BCUT2D eigenvalue weighted by Gasteiger charge is 2.39. The standard InChI is InChI=1S/C9H9ClO2/c10-7-3-1-6(2-4-7)9-8(5-11)12-9/h1-4,8-9,11H,5H2/t8-,9+/m0/s1. The summed E-state index contributed by atoms with van der Waals surface area (Å²) in [6.45, 7) is 0.0906. The summed E-state index contributed by atoms with van der Waals surface area (Å²) >= 11 is 5.72. The van der Waals surface area contributed by atoms with E-state index in [4.69, 9.17) is 21.4 Å². The number of rotatable bonds is 2. The Balaban J connectivity index is 2.10. The van der Waals surface area contributed by atoms with Crippen molar-refractivity contribution in [1.82, 2.24) is 0 Å². The van der Waals surface area contributed by atoms with Gasteiger partial charge in [0.1, 0.15) is 12.2 Å². The normalized spacial score (nSPS) is 27.2. The zero-order valence-electron chi connectivity index (χ0n) is 6.40. The van der Waals surface area contributed by atoms with Gasteiger partial charge >= 0.3 is 0 Å². The van der Waals surface area contributed by atoms with Gasteiger partial charge in [0, 0.05) is 5.02 Å². The maximum Gasteiger partial charge on any atom is 0.112 e. The molecule has 1 saturated heterocycles. The van der Waals surface area contributed by atoms with E-state index >= 15 is 0 Å². The molecule has 1 heterocycles. The first-order valence-corrected chi connectivity index (χ1v) is 4.21. The molecule has 2 nitrogen and oxygen atoms in total. The summed E-state index contributed by atoms with van der Waals surface area (Å²) in [5, 5.41) is 9.46. The van der Waals surface area contributed by atoms with Gasteiger partial charge in [0.15, 0.2) is 0 Å². The quantitative estimate of drug-likeness (QED) is 0.711. The van der Waals surface area contributed by atoms with Crippen molar-refractivity contribution in [2.75, 3.05) is 6.61 Å². The Labute approximate surface area is 75.7 Å². The van der Waals surface area contributed by atoms with Gasteiger partial charge in [-0.15, -0.1) is 0 Å². The number of hydrogen-bond donors (Lipinski definition) is 1. The van der Waals surface area contributed by atoms with E-state index in [1.165, 1.54) is 0 Å². The van der Waals surface area contributed by atoms with Crippen LogP contribution in [0.2, 0.25) is 5.02 Å². The first-order valence-electron chi connectivity index (χ1n) is 3.83. The van der Waals surface area contributed by atoms with Gasteiger partial charge < -0.3 is 9.84 Å². The predicted molar refractivity (Wildman–Crippen MR) is 46.2 cm³/mol. The van der Waals surface area contributed by atoms with Crippen LogP contribution in [0.25, 0.3) is 0 Å². The Kier molecular flexibility index (Phi) is 2.05. The van der Waals surface area contributed by atoms with Gasteiger partial charge in [-0.05, 0) is 17.7 Å². The number of hydrogen-bond acceptors (Lipinski definition) is 2. The second-order valence-electron chi connectivity index (χ2n) is 2.83. The van der Waals surface area contributed by atoms with Crippen molar-refractivity contribution in [3.63, 3.8) is 0 Å². The van der Waals surface area contributed by atoms with Gasteiger partial charge in [-0.2, -0.15) is 0 Å². The van der Waals surface area contributed by atoms with Crippen LogP contribution in [0.4, 0.5) is 0 Å². The van der Waals surface area contributed by atoms with Crippen molar-refractivity contribution in [3.8, 4) is 0 Å². The van der Waals surface area contributed by atoms with Crippen LogP contribution in [0.5, 0.6) is 0 Å². The lowest BCUT2D eigenvalue weighted by Crippen LogP contribution is -1.93. The molecule has 0 amide bonds. The Hall–Kier alpha value is -0.570. The van der Waals surface area contributed by atoms with Crippen molar-refractivity contribution in [2.24, 2.45) is 0 Å². The maximum absolute atomic E-state index is 8.74. The number of benzene rings is 1. The van der Waals surface area contributed by atoms with Crippen LogP contribution in [0.1, 0.15) is 11.7 Å². The minimum Gasteiger partial charge on any atom is -0.394 e. The summed E-state index contributed by atoms with van der Waals surface area (Å²) in [6, 6.07) is 7.49. The fourth-order valence-corrected chi connectivity index (χ4v) is 1.35. The highest BCUT2D eigenvalue weighted by atomic mass is 35.5. The Morgan fingerprint density at radius 3 is 2.50 bits per heavy atom. The summed E-state index contributed by atoms with van der Waals surface area (Å²) in [5.41, 5.74) is 1.08. The average molecular weight is 185 g/mol. The highest BCUT2D eigenvalue weighted by molar-refractivity contribution is 6.30. The molecule has 0 unspecified atom stereocenters. The van der Waals surface area contributed by atoms with E-state index in [9.17, 15) is 0 Å². The van der Waals surface area contributed by atoms with Crippen molar-refractivity contribution in [2.45, 2.75) is 12.2 Å². The van der Waals surface area contributed by atoms with Crippen molar-refractivity contribution in [1.29, 1.82) is 0 Å². The molecule has 1 aromatic rings. The monoisotopic (exact) mass is 184 g/mol. The van der Waals surface area contributed by atoms with E-state index < -0.39 is 0 Å². The van der Waals surface area contributed by atoms with Gasteiger partial charge in [0.05, 0.1) is 6.61 Å². The summed E-state index contributed by atoms with van der Waals surface area (Å²) in [5.74, 6) is 0. The number of aliphatic hydroxyl groups is 1. The van der Waals surface area contributed by atoms with Crippen LogP contribution in [-0.4, -0.2) is 17.8 Å². The van der Waals surface area contributed by atoms with Gasteiger partial charge in [-0.1, -0.05) is 23.7 Å². The van der Waals surface area contributed by atoms with Crippen molar-refractivity contribution >= 4 is 11.6 Å². The second-order valence-corrected chi connectivity index (χ2v) is 3.27. The van der Waals surface area contributed by atoms with Crippen LogP contribution >= 0.6 is 11.6 Å². The summed E-state index contributed by atoms with van der Waals surface area (Å²) in [4.78, 5) is 0. The molecule has 0 aliphatic carbocycles. The highest BCUT2D eigenvalue weighted by Crippen LogP contribution is 2.38. The summed E-state index contributed by atoms with van der Waals surface area (Å²) in [7, 11) is 0. The molecule has 1 fully saturated rings. The molecule has 1 aliphatic heterocycles. The minimum absolute atomic E-state index is 0.00817. The molecule has 12 heavy (non-hydrogen) atoms. The van der Waals surface area contributed by atoms with E-state index in [-0.39, 0.29) is 18.8 Å². The van der Waals surface area contributed by atoms with Crippen LogP contribution in [0, 0.1) is 0 Å². The molecule has 1 aromatic carbocycles. The maximum atomic E-state index is 8.74. The number of halogens is 1. The lowest BCUT2D eigenvalue weighted by molar-refractivity contribution is 0.242. The zero-order chi connectivity index (χ0) is 8.55. The lowest BCUT2D eigenvalue weighted by atomic mass is 10.1. The Morgan fingerprint density at radius 1 is 1.33 bits per heavy atom. The van der Waals surface area contributed by atoms with E-state index in [1.807, 2.05) is 24.3 Å². The minimum atomic E-state index is -0.00817. The zero-order valence-corrected chi connectivity index (χ0v) is 7.16. The molecular formula is C9H9ClO2. The smallest absolute Gasteiger partial charge is 0.112 e. The van der Waals surface area contributed by atoms with E-state index in [0.29, 0.717) is 0 Å². The van der Waals surface area contributed by atoms with E-state index in [0.717, 1.165) is 10.6 Å². The van der Waals surface area contributed by atoms with Gasteiger partial charge in [-0.3, -0.25) is 0 Å². The molecule has 1 aliphatic rings. The predicted octanol–water partition coefficient (Wildman–Crippen LogP) is 1.77. The van der Waals surface area contributed by atoms with Crippen molar-refractivity contribution < 1.29 is 9.84 Å². The third-order valence-corrected chi connectivity index (χ3v) is 2.21. The molecule has 0 bridgehead atoms. The SMILES string of the molecule is OC[C@@H]1O[C@@H]1c1ccc(Cl)cc1. The first kappa shape index (κ1) is 8.05. The topological polar surface area (TPSA) is 32.8 Å². The van der Waals surface area contributed by atoms with E-state index in [2.05, 4.69) is 0 Å². The molecule has 1 N–H and O–H groups in total. The first-order chi connectivity index (χ1) is 5.81. The molecule has 0 radical (unpaired) electrons. The molecular weight excluding hydrogens is 176 g/mol. The molecule has 0 spiro atoms. The number of epoxide rings is 1. The van der Waals surface area contributed by atoms with Crippen molar-refractivity contribution in [3.05, 3.63) is 34.9 Å². The summed E-state index contributed by atoms with van der Waals surface area (Å²) in [6.07, 6.45) is 0.0680. The molecule has 0 aromatic heterocycles. The van der Waals surface area contributed by atoms with Gasteiger partial charge in [0.2, 0.25) is 0 Å². The molecule has 0 saturated carbocycles. The Bertz CT molecular complexity index is 270. The third kappa shape index (κ3) is 1.46. The van der Waals surface area contributed by atoms with Crippen LogP contribution < -0.4 is 0 Å². The molecule has 2 atom stereocenters. The van der Waals surface area contributed by atoms with Crippen LogP contribution in [0.15, 0.2) is 24.3 Å². The van der Waals surface area contributed by atoms with Gasteiger partial charge in [0.25, 0.3) is 0 Å². The van der Waals surface area contributed by atoms with Gasteiger partial charge in [-0.25, -0.2) is 0 Å². The fraction of sp³-hybridized carbons (Fsp3) is 0.333. The molecule has 3 heteroatoms.